The van der Waals surface area contributed by atoms with Gasteiger partial charge in [0.15, 0.2) is 0 Å². The summed E-state index contributed by atoms with van der Waals surface area (Å²) in [5, 5.41) is 0. The first-order valence-corrected chi connectivity index (χ1v) is 6.02. The van der Waals surface area contributed by atoms with E-state index in [1.165, 1.54) is 0 Å². The van der Waals surface area contributed by atoms with Crippen LogP contribution in [0.15, 0.2) is 0 Å². The number of amides is 1. The molecule has 0 bridgehead atoms. The molecule has 0 aliphatic carbocycles. The van der Waals surface area contributed by atoms with Gasteiger partial charge in [-0.1, -0.05) is 0 Å². The van der Waals surface area contributed by atoms with Gasteiger partial charge in [-0.25, -0.2) is 4.79 Å². The minimum atomic E-state index is -0.406. The molecule has 0 aromatic heterocycles. The maximum absolute atomic E-state index is 11.9. The van der Waals surface area contributed by atoms with E-state index in [-0.39, 0.29) is 11.7 Å². The minimum absolute atomic E-state index is 0.108. The fraction of sp³-hybridized carbons (Fsp3) is 0.917. The van der Waals surface area contributed by atoms with Gasteiger partial charge in [-0.05, 0) is 40.0 Å². The van der Waals surface area contributed by atoms with Crippen LogP contribution >= 0.6 is 0 Å². The van der Waals surface area contributed by atoms with Gasteiger partial charge < -0.3 is 14.4 Å². The van der Waals surface area contributed by atoms with Crippen molar-refractivity contribution in [2.75, 3.05) is 19.7 Å². The number of carbonyl (C=O) groups excluding carboxylic acids is 1. The quantitative estimate of drug-likeness (QED) is 0.596. The molecule has 0 radical (unpaired) electrons. The van der Waals surface area contributed by atoms with E-state index in [1.807, 2.05) is 25.7 Å². The van der Waals surface area contributed by atoms with Crippen LogP contribution < -0.4 is 0 Å². The van der Waals surface area contributed by atoms with E-state index in [0.717, 1.165) is 39.0 Å². The highest BCUT2D eigenvalue weighted by atomic mass is 16.6. The fourth-order valence-electron chi connectivity index (χ4n) is 2.07. The van der Waals surface area contributed by atoms with E-state index in [0.29, 0.717) is 0 Å². The Bertz CT molecular complexity index is 278. The summed E-state index contributed by atoms with van der Waals surface area (Å²) in [6.45, 7) is 8.11. The summed E-state index contributed by atoms with van der Waals surface area (Å²) in [6.07, 6.45) is 2.85. The standard InChI is InChI=1S/C12H21NO3/c1-11(2,3)16-10(14)13-7-4-5-12(6-8-13)9-15-12/h4-9H2,1-3H3/t12-/m1/s1. The number of carbonyl (C=O) groups is 1. The number of rotatable bonds is 0. The van der Waals surface area contributed by atoms with E-state index < -0.39 is 5.60 Å². The van der Waals surface area contributed by atoms with Gasteiger partial charge in [-0.15, -0.1) is 0 Å². The van der Waals surface area contributed by atoms with Crippen LogP contribution in [0.5, 0.6) is 0 Å². The SMILES string of the molecule is CC(C)(C)OC(=O)N1CCC[C@@]2(CC1)CO2. The molecule has 16 heavy (non-hydrogen) atoms. The normalized spacial score (nSPS) is 30.1. The van der Waals surface area contributed by atoms with E-state index in [9.17, 15) is 4.79 Å². The highest BCUT2D eigenvalue weighted by Gasteiger charge is 2.45. The Morgan fingerprint density at radius 1 is 1.31 bits per heavy atom. The zero-order chi connectivity index (χ0) is 11.8. The molecule has 2 aliphatic heterocycles. The maximum atomic E-state index is 11.9. The smallest absolute Gasteiger partial charge is 0.410 e. The molecule has 1 amide bonds. The van der Waals surface area contributed by atoms with E-state index >= 15 is 0 Å². The zero-order valence-electron chi connectivity index (χ0n) is 10.4. The monoisotopic (exact) mass is 227 g/mol. The zero-order valence-corrected chi connectivity index (χ0v) is 10.4. The van der Waals surface area contributed by atoms with Crippen molar-refractivity contribution < 1.29 is 14.3 Å². The summed E-state index contributed by atoms with van der Waals surface area (Å²) in [7, 11) is 0. The van der Waals surface area contributed by atoms with Gasteiger partial charge in [0.25, 0.3) is 0 Å². The number of hydrogen-bond acceptors (Lipinski definition) is 3. The predicted octanol–water partition coefficient (Wildman–Crippen LogP) is 2.18. The van der Waals surface area contributed by atoms with Crippen molar-refractivity contribution in [3.63, 3.8) is 0 Å². The lowest BCUT2D eigenvalue weighted by Crippen LogP contribution is -2.37. The highest BCUT2D eigenvalue weighted by molar-refractivity contribution is 5.68. The van der Waals surface area contributed by atoms with Crippen molar-refractivity contribution in [2.24, 2.45) is 0 Å². The average Bonchev–Trinajstić information content (AvgIpc) is 2.92. The molecule has 1 atom stereocenters. The Kier molecular flexibility index (Phi) is 2.86. The molecule has 2 aliphatic rings. The van der Waals surface area contributed by atoms with Crippen LogP contribution in [-0.2, 0) is 9.47 Å². The maximum Gasteiger partial charge on any atom is 0.410 e. The van der Waals surface area contributed by atoms with Gasteiger partial charge in [0, 0.05) is 13.1 Å². The molecule has 0 aromatic rings. The average molecular weight is 227 g/mol. The van der Waals surface area contributed by atoms with Crippen LogP contribution in [0.25, 0.3) is 0 Å². The first-order valence-electron chi connectivity index (χ1n) is 6.02. The summed E-state index contributed by atoms with van der Waals surface area (Å²) in [6, 6.07) is 0. The van der Waals surface area contributed by atoms with Crippen LogP contribution in [0.4, 0.5) is 4.79 Å². The van der Waals surface area contributed by atoms with Gasteiger partial charge in [0.1, 0.15) is 5.60 Å². The summed E-state index contributed by atoms with van der Waals surface area (Å²) in [5.74, 6) is 0. The number of epoxide rings is 1. The molecule has 2 rings (SSSR count). The first-order chi connectivity index (χ1) is 7.40. The molecular formula is C12H21NO3. The Labute approximate surface area is 96.9 Å². The van der Waals surface area contributed by atoms with Crippen molar-refractivity contribution in [1.29, 1.82) is 0 Å². The Hall–Kier alpha value is -0.770. The van der Waals surface area contributed by atoms with E-state index in [2.05, 4.69) is 0 Å². The van der Waals surface area contributed by atoms with Gasteiger partial charge in [-0.3, -0.25) is 0 Å². The fourth-order valence-corrected chi connectivity index (χ4v) is 2.07. The van der Waals surface area contributed by atoms with Crippen LogP contribution in [0, 0.1) is 0 Å². The largest absolute Gasteiger partial charge is 0.444 e. The summed E-state index contributed by atoms with van der Waals surface area (Å²) >= 11 is 0. The van der Waals surface area contributed by atoms with Crippen LogP contribution in [0.1, 0.15) is 40.0 Å². The molecular weight excluding hydrogens is 206 g/mol. The Morgan fingerprint density at radius 2 is 2.00 bits per heavy atom. The lowest BCUT2D eigenvalue weighted by atomic mass is 10.0. The molecule has 4 nitrogen and oxygen atoms in total. The highest BCUT2D eigenvalue weighted by Crippen LogP contribution is 2.37. The van der Waals surface area contributed by atoms with Crippen LogP contribution in [-0.4, -0.2) is 41.9 Å². The lowest BCUT2D eigenvalue weighted by molar-refractivity contribution is 0.0254. The molecule has 2 fully saturated rings. The third-order valence-corrected chi connectivity index (χ3v) is 3.10. The first kappa shape index (κ1) is 11.7. The molecule has 1 spiro atoms. The van der Waals surface area contributed by atoms with Crippen molar-refractivity contribution >= 4 is 6.09 Å². The molecule has 0 saturated carbocycles. The topological polar surface area (TPSA) is 42.1 Å². The van der Waals surface area contributed by atoms with Gasteiger partial charge in [-0.2, -0.15) is 0 Å². The number of likely N-dealkylation sites (tertiary alicyclic amines) is 1. The van der Waals surface area contributed by atoms with Crippen molar-refractivity contribution in [3.05, 3.63) is 0 Å². The molecule has 2 saturated heterocycles. The Balaban J connectivity index is 1.87. The summed E-state index contributed by atoms with van der Waals surface area (Å²) in [5.41, 5.74) is -0.298. The van der Waals surface area contributed by atoms with Crippen molar-refractivity contribution in [2.45, 2.75) is 51.2 Å². The van der Waals surface area contributed by atoms with Gasteiger partial charge in [0.2, 0.25) is 0 Å². The molecule has 4 heteroatoms. The summed E-state index contributed by atoms with van der Waals surface area (Å²) in [4.78, 5) is 13.7. The van der Waals surface area contributed by atoms with E-state index in [1.54, 1.807) is 0 Å². The molecule has 0 N–H and O–H groups in total. The minimum Gasteiger partial charge on any atom is -0.444 e. The molecule has 2 heterocycles. The second-order valence-corrected chi connectivity index (χ2v) is 5.79. The van der Waals surface area contributed by atoms with Crippen LogP contribution in [0.3, 0.4) is 0 Å². The van der Waals surface area contributed by atoms with Crippen LogP contribution in [0.2, 0.25) is 0 Å². The Morgan fingerprint density at radius 3 is 2.56 bits per heavy atom. The third kappa shape index (κ3) is 2.88. The molecule has 0 unspecified atom stereocenters. The number of nitrogens with zero attached hydrogens (tertiary/aromatic N) is 1. The summed E-state index contributed by atoms with van der Waals surface area (Å²) < 4.78 is 10.8. The third-order valence-electron chi connectivity index (χ3n) is 3.10. The van der Waals surface area contributed by atoms with E-state index in [4.69, 9.17) is 9.47 Å². The van der Waals surface area contributed by atoms with Crippen molar-refractivity contribution in [3.8, 4) is 0 Å². The number of ether oxygens (including phenoxy) is 2. The van der Waals surface area contributed by atoms with Gasteiger partial charge >= 0.3 is 6.09 Å². The molecule has 92 valence electrons. The second-order valence-electron chi connectivity index (χ2n) is 5.79. The lowest BCUT2D eigenvalue weighted by Gasteiger charge is -2.26. The second kappa shape index (κ2) is 3.91. The number of hydrogen-bond donors (Lipinski definition) is 0. The predicted molar refractivity (Wildman–Crippen MR) is 60.3 cm³/mol. The van der Waals surface area contributed by atoms with Gasteiger partial charge in [0.05, 0.1) is 12.2 Å². The molecule has 0 aromatic carbocycles. The van der Waals surface area contributed by atoms with Crippen molar-refractivity contribution in [1.82, 2.24) is 4.90 Å².